The van der Waals surface area contributed by atoms with Crippen molar-refractivity contribution >= 4 is 16.2 Å². The Morgan fingerprint density at radius 1 is 1.47 bits per heavy atom. The molecule has 0 bridgehead atoms. The van der Waals surface area contributed by atoms with Gasteiger partial charge < -0.3 is 9.47 Å². The summed E-state index contributed by atoms with van der Waals surface area (Å²) in [5.74, 6) is 0.239. The molecule has 0 aromatic rings. The number of carbonyl (C=O) groups excluding carboxylic acids is 1. The normalized spacial score (nSPS) is 24.6. The first-order valence-corrected chi connectivity index (χ1v) is 7.95. The second kappa shape index (κ2) is 6.53. The predicted molar refractivity (Wildman–Crippen MR) is 68.0 cm³/mol. The fraction of sp³-hybridized carbons (Fsp3) is 0.909. The quantitative estimate of drug-likeness (QED) is 0.714. The van der Waals surface area contributed by atoms with Gasteiger partial charge in [-0.05, 0) is 12.8 Å². The molecule has 1 heterocycles. The molecule has 19 heavy (non-hydrogen) atoms. The van der Waals surface area contributed by atoms with E-state index in [9.17, 15) is 13.2 Å². The lowest BCUT2D eigenvalue weighted by Crippen LogP contribution is -2.53. The molecule has 1 saturated heterocycles. The van der Waals surface area contributed by atoms with Crippen LogP contribution < -0.4 is 0 Å². The third kappa shape index (κ3) is 5.33. The average Bonchev–Trinajstić information content (AvgIpc) is 2.27. The molecule has 0 saturated carbocycles. The number of rotatable bonds is 4. The highest BCUT2D eigenvalue weighted by molar-refractivity contribution is 7.86. The summed E-state index contributed by atoms with van der Waals surface area (Å²) < 4.78 is 37.3. The molecule has 0 N–H and O–H groups in total. The van der Waals surface area contributed by atoms with Gasteiger partial charge in [-0.3, -0.25) is 4.90 Å². The number of hydrogen-bond donors (Lipinski definition) is 0. The van der Waals surface area contributed by atoms with Gasteiger partial charge in [0.1, 0.15) is 0 Å². The standard InChI is InChI=1S/C11H21NO6S/c1-8(2)7-17-11(13)12-5-6-16-10(9(12)3)18-19(4,14)15/h8-10H,5-7H2,1-4H3. The number of morpholine rings is 1. The van der Waals surface area contributed by atoms with E-state index in [0.29, 0.717) is 13.2 Å². The summed E-state index contributed by atoms with van der Waals surface area (Å²) in [5, 5.41) is 0. The van der Waals surface area contributed by atoms with Crippen molar-refractivity contribution in [1.29, 1.82) is 0 Å². The first-order valence-electron chi connectivity index (χ1n) is 6.14. The molecule has 0 spiro atoms. The molecule has 0 aromatic carbocycles. The largest absolute Gasteiger partial charge is 0.449 e. The van der Waals surface area contributed by atoms with Crippen molar-refractivity contribution in [2.75, 3.05) is 26.0 Å². The molecule has 1 aliphatic heterocycles. The Balaban J connectivity index is 2.62. The van der Waals surface area contributed by atoms with E-state index in [0.717, 1.165) is 6.26 Å². The molecule has 2 unspecified atom stereocenters. The summed E-state index contributed by atoms with van der Waals surface area (Å²) in [7, 11) is -3.64. The van der Waals surface area contributed by atoms with Gasteiger partial charge in [0.2, 0.25) is 0 Å². The molecule has 112 valence electrons. The maximum absolute atomic E-state index is 11.9. The molecule has 8 heteroatoms. The minimum Gasteiger partial charge on any atom is -0.449 e. The molecule has 1 amide bonds. The fourth-order valence-corrected chi connectivity index (χ4v) is 2.18. The SMILES string of the molecule is CC(C)COC(=O)N1CCOC(OS(C)(=O)=O)C1C. The fourth-order valence-electron chi connectivity index (χ4n) is 1.62. The van der Waals surface area contributed by atoms with Crippen molar-refractivity contribution < 1.29 is 26.9 Å². The molecule has 2 atom stereocenters. The number of hydrogen-bond acceptors (Lipinski definition) is 6. The first kappa shape index (κ1) is 16.2. The summed E-state index contributed by atoms with van der Waals surface area (Å²) in [6.07, 6.45) is -0.527. The Bertz CT molecular complexity index is 407. The monoisotopic (exact) mass is 295 g/mol. The van der Waals surface area contributed by atoms with Gasteiger partial charge in [-0.1, -0.05) is 13.8 Å². The molecule has 1 rings (SSSR count). The van der Waals surface area contributed by atoms with Gasteiger partial charge >= 0.3 is 6.09 Å². The van der Waals surface area contributed by atoms with Gasteiger partial charge in [-0.25, -0.2) is 8.98 Å². The van der Waals surface area contributed by atoms with Crippen molar-refractivity contribution in [2.24, 2.45) is 5.92 Å². The van der Waals surface area contributed by atoms with Gasteiger partial charge in [0.25, 0.3) is 10.1 Å². The summed E-state index contributed by atoms with van der Waals surface area (Å²) in [5.41, 5.74) is 0. The number of ether oxygens (including phenoxy) is 2. The zero-order valence-electron chi connectivity index (χ0n) is 11.7. The van der Waals surface area contributed by atoms with Crippen molar-refractivity contribution in [1.82, 2.24) is 4.90 Å². The topological polar surface area (TPSA) is 82.1 Å². The second-order valence-electron chi connectivity index (χ2n) is 4.94. The van der Waals surface area contributed by atoms with Crippen LogP contribution in [-0.4, -0.2) is 57.8 Å². The van der Waals surface area contributed by atoms with E-state index in [4.69, 9.17) is 13.7 Å². The zero-order valence-corrected chi connectivity index (χ0v) is 12.5. The van der Waals surface area contributed by atoms with E-state index < -0.39 is 28.5 Å². The Hall–Kier alpha value is -0.860. The smallest absolute Gasteiger partial charge is 0.410 e. The van der Waals surface area contributed by atoms with Crippen molar-refractivity contribution in [3.63, 3.8) is 0 Å². The Morgan fingerprint density at radius 2 is 2.11 bits per heavy atom. The van der Waals surface area contributed by atoms with E-state index in [2.05, 4.69) is 0 Å². The van der Waals surface area contributed by atoms with E-state index in [1.807, 2.05) is 13.8 Å². The molecule has 0 aromatic heterocycles. The lowest BCUT2D eigenvalue weighted by atomic mass is 10.2. The first-order chi connectivity index (χ1) is 8.70. The number of carbonyl (C=O) groups is 1. The molecular weight excluding hydrogens is 274 g/mol. The molecule has 0 aliphatic carbocycles. The van der Waals surface area contributed by atoms with Crippen LogP contribution in [0.2, 0.25) is 0 Å². The Morgan fingerprint density at radius 3 is 2.63 bits per heavy atom. The summed E-state index contributed by atoms with van der Waals surface area (Å²) in [6.45, 7) is 6.41. The highest BCUT2D eigenvalue weighted by Gasteiger charge is 2.35. The van der Waals surface area contributed by atoms with Crippen molar-refractivity contribution in [3.8, 4) is 0 Å². The van der Waals surface area contributed by atoms with Crippen LogP contribution >= 0.6 is 0 Å². The zero-order chi connectivity index (χ0) is 14.6. The summed E-state index contributed by atoms with van der Waals surface area (Å²) >= 11 is 0. The number of nitrogens with zero attached hydrogens (tertiary/aromatic N) is 1. The van der Waals surface area contributed by atoms with Gasteiger partial charge in [0.05, 0.1) is 25.5 Å². The van der Waals surface area contributed by atoms with Gasteiger partial charge in [-0.15, -0.1) is 0 Å². The van der Waals surface area contributed by atoms with Crippen LogP contribution in [0.25, 0.3) is 0 Å². The van der Waals surface area contributed by atoms with Gasteiger partial charge in [0.15, 0.2) is 6.29 Å². The molecule has 1 aliphatic rings. The molecule has 1 fully saturated rings. The highest BCUT2D eigenvalue weighted by atomic mass is 32.2. The van der Waals surface area contributed by atoms with Crippen LogP contribution in [0, 0.1) is 5.92 Å². The third-order valence-electron chi connectivity index (χ3n) is 2.54. The van der Waals surface area contributed by atoms with Crippen LogP contribution in [0.1, 0.15) is 20.8 Å². The number of amides is 1. The molecular formula is C11H21NO6S. The third-order valence-corrected chi connectivity index (χ3v) is 3.08. The lowest BCUT2D eigenvalue weighted by Gasteiger charge is -2.37. The predicted octanol–water partition coefficient (Wildman–Crippen LogP) is 0.802. The van der Waals surface area contributed by atoms with Crippen LogP contribution in [0.3, 0.4) is 0 Å². The van der Waals surface area contributed by atoms with E-state index in [1.165, 1.54) is 4.90 Å². The Labute approximate surface area is 113 Å². The van der Waals surface area contributed by atoms with E-state index >= 15 is 0 Å². The van der Waals surface area contributed by atoms with Gasteiger partial charge in [0, 0.05) is 6.54 Å². The van der Waals surface area contributed by atoms with E-state index in [1.54, 1.807) is 6.92 Å². The maximum atomic E-state index is 11.9. The van der Waals surface area contributed by atoms with Crippen LogP contribution in [0.4, 0.5) is 4.79 Å². The maximum Gasteiger partial charge on any atom is 0.410 e. The highest BCUT2D eigenvalue weighted by Crippen LogP contribution is 2.17. The second-order valence-corrected chi connectivity index (χ2v) is 6.54. The lowest BCUT2D eigenvalue weighted by molar-refractivity contribution is -0.150. The minimum atomic E-state index is -3.64. The molecule has 0 radical (unpaired) electrons. The van der Waals surface area contributed by atoms with Gasteiger partial charge in [-0.2, -0.15) is 8.42 Å². The Kier molecular flexibility index (Phi) is 5.57. The van der Waals surface area contributed by atoms with E-state index in [-0.39, 0.29) is 12.5 Å². The average molecular weight is 295 g/mol. The van der Waals surface area contributed by atoms with Crippen LogP contribution in [0.15, 0.2) is 0 Å². The molecule has 7 nitrogen and oxygen atoms in total. The van der Waals surface area contributed by atoms with Crippen LogP contribution in [0.5, 0.6) is 0 Å². The van der Waals surface area contributed by atoms with Crippen LogP contribution in [-0.2, 0) is 23.8 Å². The minimum absolute atomic E-state index is 0.210. The van der Waals surface area contributed by atoms with Crippen molar-refractivity contribution in [3.05, 3.63) is 0 Å². The summed E-state index contributed by atoms with van der Waals surface area (Å²) in [4.78, 5) is 13.3. The summed E-state index contributed by atoms with van der Waals surface area (Å²) in [6, 6.07) is -0.525. The van der Waals surface area contributed by atoms with Crippen molar-refractivity contribution in [2.45, 2.75) is 33.1 Å².